The summed E-state index contributed by atoms with van der Waals surface area (Å²) in [5.74, 6) is 0.764. The highest BCUT2D eigenvalue weighted by Crippen LogP contribution is 2.27. The van der Waals surface area contributed by atoms with Gasteiger partial charge in [-0.15, -0.1) is 0 Å². The van der Waals surface area contributed by atoms with E-state index in [1.54, 1.807) is 12.0 Å². The quantitative estimate of drug-likeness (QED) is 0.590. The van der Waals surface area contributed by atoms with Crippen molar-refractivity contribution >= 4 is 22.4 Å². The molecule has 7 heteroatoms. The van der Waals surface area contributed by atoms with Crippen LogP contribution in [0.4, 0.5) is 4.79 Å². The molecule has 33 heavy (non-hydrogen) atoms. The molecule has 0 spiro atoms. The Kier molecular flexibility index (Phi) is 6.22. The third-order valence-electron chi connectivity index (χ3n) is 5.52. The number of nitrogens with zero attached hydrogens (tertiary/aromatic N) is 3. The van der Waals surface area contributed by atoms with Gasteiger partial charge in [0.05, 0.1) is 24.7 Å². The molecule has 0 fully saturated rings. The van der Waals surface area contributed by atoms with E-state index < -0.39 is 5.60 Å². The highest BCUT2D eigenvalue weighted by atomic mass is 16.6. The number of hydrogen-bond acceptors (Lipinski definition) is 5. The number of amides is 1. The van der Waals surface area contributed by atoms with E-state index >= 15 is 0 Å². The van der Waals surface area contributed by atoms with Crippen molar-refractivity contribution in [1.29, 1.82) is 0 Å². The van der Waals surface area contributed by atoms with Crippen molar-refractivity contribution in [2.45, 2.75) is 39.3 Å². The van der Waals surface area contributed by atoms with E-state index in [0.29, 0.717) is 31.4 Å². The van der Waals surface area contributed by atoms with Crippen molar-refractivity contribution in [3.63, 3.8) is 0 Å². The predicted molar refractivity (Wildman–Crippen MR) is 129 cm³/mol. The smallest absolute Gasteiger partial charge is 0.410 e. The summed E-state index contributed by atoms with van der Waals surface area (Å²) in [6.45, 7) is 6.92. The number of rotatable bonds is 4. The Hall–Kier alpha value is -3.61. The van der Waals surface area contributed by atoms with Gasteiger partial charge in [0.1, 0.15) is 11.4 Å². The first-order valence-electron chi connectivity index (χ1n) is 11.1. The summed E-state index contributed by atoms with van der Waals surface area (Å²) in [5.41, 5.74) is 2.10. The zero-order valence-electron chi connectivity index (χ0n) is 19.5. The van der Waals surface area contributed by atoms with Crippen LogP contribution in [-0.4, -0.2) is 46.6 Å². The van der Waals surface area contributed by atoms with Crippen LogP contribution in [0.1, 0.15) is 38.4 Å². The lowest BCUT2D eigenvalue weighted by Crippen LogP contribution is -2.39. The van der Waals surface area contributed by atoms with E-state index in [9.17, 15) is 9.59 Å². The Morgan fingerprint density at radius 3 is 2.36 bits per heavy atom. The van der Waals surface area contributed by atoms with Crippen molar-refractivity contribution in [3.8, 4) is 5.75 Å². The first kappa shape index (κ1) is 22.6. The molecule has 0 bridgehead atoms. The fourth-order valence-electron chi connectivity index (χ4n) is 3.86. The van der Waals surface area contributed by atoms with E-state index in [2.05, 4.69) is 0 Å². The molecule has 0 unspecified atom stereocenters. The molecule has 2 aromatic carbocycles. The van der Waals surface area contributed by atoms with Gasteiger partial charge in [-0.05, 0) is 56.5 Å². The SMILES string of the molecule is COc1ccc(Cn2nc(C3=CCN(C(=O)OC(C)(C)C)CC3)c3ccccc3c2=O)cc1. The molecule has 1 aliphatic rings. The highest BCUT2D eigenvalue weighted by molar-refractivity contribution is 5.91. The van der Waals surface area contributed by atoms with Crippen molar-refractivity contribution in [2.24, 2.45) is 0 Å². The number of benzene rings is 2. The van der Waals surface area contributed by atoms with Crippen LogP contribution < -0.4 is 10.3 Å². The van der Waals surface area contributed by atoms with Gasteiger partial charge >= 0.3 is 6.09 Å². The summed E-state index contributed by atoms with van der Waals surface area (Å²) in [5, 5.41) is 6.22. The molecule has 4 rings (SSSR count). The molecule has 7 nitrogen and oxygen atoms in total. The average Bonchev–Trinajstić information content (AvgIpc) is 2.80. The van der Waals surface area contributed by atoms with Gasteiger partial charge in [0.2, 0.25) is 0 Å². The molecule has 1 amide bonds. The van der Waals surface area contributed by atoms with E-state index in [0.717, 1.165) is 28.0 Å². The molecule has 1 aromatic heterocycles. The molecular formula is C26H29N3O4. The number of hydrogen-bond donors (Lipinski definition) is 0. The molecule has 1 aliphatic heterocycles. The standard InChI is InChI=1S/C26H29N3O4/c1-26(2,3)33-25(31)28-15-13-19(14-16-28)23-21-7-5-6-8-22(21)24(30)29(27-23)17-18-9-11-20(32-4)12-10-18/h5-13H,14-17H2,1-4H3. The lowest BCUT2D eigenvalue weighted by atomic mass is 10.00. The molecule has 0 aliphatic carbocycles. The van der Waals surface area contributed by atoms with Gasteiger partial charge in [-0.2, -0.15) is 5.10 Å². The van der Waals surface area contributed by atoms with Gasteiger partial charge in [0.15, 0.2) is 0 Å². The molecule has 0 radical (unpaired) electrons. The summed E-state index contributed by atoms with van der Waals surface area (Å²) in [6.07, 6.45) is 2.32. The summed E-state index contributed by atoms with van der Waals surface area (Å²) in [7, 11) is 1.62. The second-order valence-corrected chi connectivity index (χ2v) is 9.11. The van der Waals surface area contributed by atoms with Gasteiger partial charge < -0.3 is 14.4 Å². The highest BCUT2D eigenvalue weighted by Gasteiger charge is 2.25. The van der Waals surface area contributed by atoms with Gasteiger partial charge in [-0.1, -0.05) is 36.4 Å². The van der Waals surface area contributed by atoms with Crippen molar-refractivity contribution in [2.75, 3.05) is 20.2 Å². The molecule has 2 heterocycles. The van der Waals surface area contributed by atoms with Gasteiger partial charge in [0, 0.05) is 18.5 Å². The first-order valence-corrected chi connectivity index (χ1v) is 11.1. The summed E-state index contributed by atoms with van der Waals surface area (Å²) in [4.78, 5) is 27.3. The van der Waals surface area contributed by atoms with Crippen molar-refractivity contribution in [3.05, 3.63) is 76.2 Å². The maximum atomic E-state index is 13.2. The molecule has 0 saturated carbocycles. The van der Waals surface area contributed by atoms with Crippen LogP contribution in [0.2, 0.25) is 0 Å². The Bertz CT molecular complexity index is 1250. The number of methoxy groups -OCH3 is 1. The van der Waals surface area contributed by atoms with Crippen LogP contribution in [0.3, 0.4) is 0 Å². The first-order chi connectivity index (χ1) is 15.7. The summed E-state index contributed by atoms with van der Waals surface area (Å²) < 4.78 is 12.2. The largest absolute Gasteiger partial charge is 0.497 e. The van der Waals surface area contributed by atoms with Crippen LogP contribution in [0.5, 0.6) is 5.75 Å². The van der Waals surface area contributed by atoms with Crippen LogP contribution in [-0.2, 0) is 11.3 Å². The van der Waals surface area contributed by atoms with E-state index in [-0.39, 0.29) is 11.7 Å². The maximum Gasteiger partial charge on any atom is 0.410 e. The van der Waals surface area contributed by atoms with Crippen LogP contribution >= 0.6 is 0 Å². The maximum absolute atomic E-state index is 13.2. The number of carbonyl (C=O) groups excluding carboxylic acids is 1. The Morgan fingerprint density at radius 1 is 1.06 bits per heavy atom. The Balaban J connectivity index is 1.67. The Morgan fingerprint density at radius 2 is 1.76 bits per heavy atom. The second-order valence-electron chi connectivity index (χ2n) is 9.11. The van der Waals surface area contributed by atoms with E-state index in [1.807, 2.05) is 75.4 Å². The number of aromatic nitrogens is 2. The fourth-order valence-corrected chi connectivity index (χ4v) is 3.86. The lowest BCUT2D eigenvalue weighted by Gasteiger charge is -2.29. The monoisotopic (exact) mass is 447 g/mol. The molecule has 172 valence electrons. The summed E-state index contributed by atoms with van der Waals surface area (Å²) >= 11 is 0. The number of fused-ring (bicyclic) bond motifs is 1. The average molecular weight is 448 g/mol. The van der Waals surface area contributed by atoms with Crippen molar-refractivity contribution in [1.82, 2.24) is 14.7 Å². The lowest BCUT2D eigenvalue weighted by molar-refractivity contribution is 0.0270. The molecule has 0 atom stereocenters. The zero-order valence-corrected chi connectivity index (χ0v) is 19.5. The normalized spacial score (nSPS) is 14.2. The van der Waals surface area contributed by atoms with Crippen LogP contribution in [0.25, 0.3) is 16.3 Å². The third-order valence-corrected chi connectivity index (χ3v) is 5.52. The van der Waals surface area contributed by atoms with Gasteiger partial charge in [-0.25, -0.2) is 9.48 Å². The van der Waals surface area contributed by atoms with Crippen LogP contribution in [0.15, 0.2) is 59.4 Å². The Labute approximate surface area is 193 Å². The second kappa shape index (κ2) is 9.10. The van der Waals surface area contributed by atoms with Crippen LogP contribution in [0, 0.1) is 0 Å². The molecule has 0 saturated heterocycles. The third kappa shape index (κ3) is 5.08. The molecular weight excluding hydrogens is 418 g/mol. The van der Waals surface area contributed by atoms with Gasteiger partial charge in [0.25, 0.3) is 5.56 Å². The minimum absolute atomic E-state index is 0.128. The summed E-state index contributed by atoms with van der Waals surface area (Å²) in [6, 6.07) is 15.2. The predicted octanol–water partition coefficient (Wildman–Crippen LogP) is 4.48. The molecule has 0 N–H and O–H groups in total. The fraction of sp³-hybridized carbons (Fsp3) is 0.346. The van der Waals surface area contributed by atoms with Crippen molar-refractivity contribution < 1.29 is 14.3 Å². The van der Waals surface area contributed by atoms with E-state index in [4.69, 9.17) is 14.6 Å². The zero-order chi connectivity index (χ0) is 23.6. The number of ether oxygens (including phenoxy) is 2. The topological polar surface area (TPSA) is 73.7 Å². The molecule has 3 aromatic rings. The van der Waals surface area contributed by atoms with E-state index in [1.165, 1.54) is 4.68 Å². The minimum Gasteiger partial charge on any atom is -0.497 e. The van der Waals surface area contributed by atoms with Gasteiger partial charge in [-0.3, -0.25) is 4.79 Å². The number of carbonyl (C=O) groups is 1. The minimum atomic E-state index is -0.532.